The van der Waals surface area contributed by atoms with Gasteiger partial charge in [0, 0.05) is 6.04 Å². The SMILES string of the molecule is Cc1ccc(CC(=O)OCC(=O)NC(=O)N[C@H]2CCCC[C@H]2C)cc1C. The second kappa shape index (κ2) is 9.36. The standard InChI is InChI=1S/C20H28N2O4/c1-13-8-9-16(10-15(13)3)11-19(24)26-12-18(23)22-20(25)21-17-7-5-4-6-14(17)2/h8-10,14,17H,4-7,11-12H2,1-3H3,(H2,21,22,23,25)/t14-,17+/m1/s1. The van der Waals surface area contributed by atoms with Crippen molar-refractivity contribution in [2.45, 2.75) is 58.9 Å². The Morgan fingerprint density at radius 2 is 1.85 bits per heavy atom. The van der Waals surface area contributed by atoms with Crippen LogP contribution in [0.2, 0.25) is 0 Å². The zero-order valence-electron chi connectivity index (χ0n) is 15.8. The average Bonchev–Trinajstić information content (AvgIpc) is 2.58. The van der Waals surface area contributed by atoms with Gasteiger partial charge in [-0.1, -0.05) is 38.0 Å². The molecule has 0 unspecified atom stereocenters. The van der Waals surface area contributed by atoms with Crippen LogP contribution in [0.1, 0.15) is 49.3 Å². The number of rotatable bonds is 5. The van der Waals surface area contributed by atoms with E-state index in [0.29, 0.717) is 5.92 Å². The number of urea groups is 1. The molecule has 6 heteroatoms. The summed E-state index contributed by atoms with van der Waals surface area (Å²) in [5, 5.41) is 5.04. The normalized spacial score (nSPS) is 19.5. The van der Waals surface area contributed by atoms with Crippen LogP contribution >= 0.6 is 0 Å². The molecule has 2 N–H and O–H groups in total. The molecular weight excluding hydrogens is 332 g/mol. The van der Waals surface area contributed by atoms with Crippen molar-refractivity contribution in [2.75, 3.05) is 6.61 Å². The number of hydrogen-bond donors (Lipinski definition) is 2. The fraction of sp³-hybridized carbons (Fsp3) is 0.550. The highest BCUT2D eigenvalue weighted by molar-refractivity contribution is 5.95. The number of nitrogens with one attached hydrogen (secondary N) is 2. The van der Waals surface area contributed by atoms with Gasteiger partial charge in [0.1, 0.15) is 0 Å². The van der Waals surface area contributed by atoms with Crippen molar-refractivity contribution < 1.29 is 19.1 Å². The average molecular weight is 360 g/mol. The molecule has 0 aliphatic heterocycles. The van der Waals surface area contributed by atoms with Gasteiger partial charge in [-0.15, -0.1) is 0 Å². The van der Waals surface area contributed by atoms with Gasteiger partial charge in [0.05, 0.1) is 6.42 Å². The predicted octanol–water partition coefficient (Wildman–Crippen LogP) is 2.79. The number of imide groups is 1. The van der Waals surface area contributed by atoms with Crippen LogP contribution in [0.3, 0.4) is 0 Å². The van der Waals surface area contributed by atoms with Crippen LogP contribution in [0.4, 0.5) is 4.79 Å². The maximum Gasteiger partial charge on any atom is 0.321 e. The number of ether oxygens (including phenoxy) is 1. The second-order valence-electron chi connectivity index (χ2n) is 7.15. The monoisotopic (exact) mass is 360 g/mol. The van der Waals surface area contributed by atoms with Crippen LogP contribution in [0.5, 0.6) is 0 Å². The van der Waals surface area contributed by atoms with Crippen LogP contribution in [0.25, 0.3) is 0 Å². The van der Waals surface area contributed by atoms with E-state index < -0.39 is 24.5 Å². The van der Waals surface area contributed by atoms with Crippen molar-refractivity contribution in [1.82, 2.24) is 10.6 Å². The third kappa shape index (κ3) is 6.17. The lowest BCUT2D eigenvalue weighted by Crippen LogP contribution is -2.48. The summed E-state index contributed by atoms with van der Waals surface area (Å²) < 4.78 is 4.96. The molecule has 0 spiro atoms. The molecule has 1 aliphatic rings. The van der Waals surface area contributed by atoms with E-state index in [-0.39, 0.29) is 12.5 Å². The van der Waals surface area contributed by atoms with Crippen LogP contribution < -0.4 is 10.6 Å². The first-order valence-electron chi connectivity index (χ1n) is 9.17. The van der Waals surface area contributed by atoms with Crippen LogP contribution in [0, 0.1) is 19.8 Å². The van der Waals surface area contributed by atoms with Crippen molar-refractivity contribution in [3.63, 3.8) is 0 Å². The Morgan fingerprint density at radius 1 is 1.12 bits per heavy atom. The Hall–Kier alpha value is -2.37. The maximum atomic E-state index is 11.9. The van der Waals surface area contributed by atoms with Crippen LogP contribution in [-0.2, 0) is 20.7 Å². The molecule has 2 atom stereocenters. The van der Waals surface area contributed by atoms with Gasteiger partial charge in [-0.2, -0.15) is 0 Å². The Bertz CT molecular complexity index is 672. The first-order valence-corrected chi connectivity index (χ1v) is 9.17. The molecular formula is C20H28N2O4. The number of benzene rings is 1. The number of amides is 3. The molecule has 0 saturated heterocycles. The number of carbonyl (C=O) groups excluding carboxylic acids is 3. The summed E-state index contributed by atoms with van der Waals surface area (Å²) in [5.41, 5.74) is 3.09. The summed E-state index contributed by atoms with van der Waals surface area (Å²) >= 11 is 0. The first kappa shape index (κ1) is 19.9. The molecule has 1 saturated carbocycles. The minimum atomic E-state index is -0.626. The number of aryl methyl sites for hydroxylation is 2. The van der Waals surface area contributed by atoms with Crippen molar-refractivity contribution in [3.8, 4) is 0 Å². The summed E-state index contributed by atoms with van der Waals surface area (Å²) in [7, 11) is 0. The van der Waals surface area contributed by atoms with Crippen LogP contribution in [0.15, 0.2) is 18.2 Å². The van der Waals surface area contributed by atoms with Crippen molar-refractivity contribution in [2.24, 2.45) is 5.92 Å². The zero-order chi connectivity index (χ0) is 19.1. The molecule has 0 radical (unpaired) electrons. The van der Waals surface area contributed by atoms with Gasteiger partial charge in [0.15, 0.2) is 6.61 Å². The van der Waals surface area contributed by atoms with Gasteiger partial charge in [-0.25, -0.2) is 4.79 Å². The van der Waals surface area contributed by atoms with Crippen molar-refractivity contribution in [3.05, 3.63) is 34.9 Å². The molecule has 3 amide bonds. The molecule has 2 rings (SSSR count). The van der Waals surface area contributed by atoms with E-state index in [2.05, 4.69) is 17.6 Å². The van der Waals surface area contributed by atoms with E-state index >= 15 is 0 Å². The Morgan fingerprint density at radius 3 is 2.54 bits per heavy atom. The fourth-order valence-electron chi connectivity index (χ4n) is 3.18. The highest BCUT2D eigenvalue weighted by Crippen LogP contribution is 2.23. The molecule has 0 heterocycles. The lowest BCUT2D eigenvalue weighted by Gasteiger charge is -2.29. The van der Waals surface area contributed by atoms with Gasteiger partial charge in [-0.05, 0) is 49.3 Å². The minimum absolute atomic E-state index is 0.0869. The Kier molecular flexibility index (Phi) is 7.18. The number of esters is 1. The summed E-state index contributed by atoms with van der Waals surface area (Å²) in [6.07, 6.45) is 4.36. The first-order chi connectivity index (χ1) is 12.3. The van der Waals surface area contributed by atoms with Gasteiger partial charge >= 0.3 is 12.0 Å². The fourth-order valence-corrected chi connectivity index (χ4v) is 3.18. The predicted molar refractivity (Wildman–Crippen MR) is 98.7 cm³/mol. The van der Waals surface area contributed by atoms with E-state index in [9.17, 15) is 14.4 Å². The van der Waals surface area contributed by atoms with Gasteiger partial charge in [0.2, 0.25) is 0 Å². The molecule has 1 aromatic carbocycles. The molecule has 0 aromatic heterocycles. The van der Waals surface area contributed by atoms with E-state index in [1.54, 1.807) is 0 Å². The van der Waals surface area contributed by atoms with Gasteiger partial charge < -0.3 is 10.1 Å². The highest BCUT2D eigenvalue weighted by Gasteiger charge is 2.23. The highest BCUT2D eigenvalue weighted by atomic mass is 16.5. The maximum absolute atomic E-state index is 11.9. The summed E-state index contributed by atoms with van der Waals surface area (Å²) in [6, 6.07) is 5.29. The third-order valence-corrected chi connectivity index (χ3v) is 4.96. The summed E-state index contributed by atoms with van der Waals surface area (Å²) in [4.78, 5) is 35.5. The van der Waals surface area contributed by atoms with Crippen molar-refractivity contribution in [1.29, 1.82) is 0 Å². The third-order valence-electron chi connectivity index (χ3n) is 4.96. The molecule has 142 valence electrons. The van der Waals surface area contributed by atoms with E-state index in [1.165, 1.54) is 6.42 Å². The minimum Gasteiger partial charge on any atom is -0.455 e. The largest absolute Gasteiger partial charge is 0.455 e. The Labute approximate surface area is 154 Å². The second-order valence-corrected chi connectivity index (χ2v) is 7.15. The quantitative estimate of drug-likeness (QED) is 0.791. The molecule has 26 heavy (non-hydrogen) atoms. The zero-order valence-corrected chi connectivity index (χ0v) is 15.8. The summed E-state index contributed by atoms with van der Waals surface area (Å²) in [6.45, 7) is 5.61. The number of carbonyl (C=O) groups is 3. The topological polar surface area (TPSA) is 84.5 Å². The van der Waals surface area contributed by atoms with E-state index in [0.717, 1.165) is 36.0 Å². The smallest absolute Gasteiger partial charge is 0.321 e. The molecule has 0 bridgehead atoms. The van der Waals surface area contributed by atoms with E-state index in [1.807, 2.05) is 32.0 Å². The van der Waals surface area contributed by atoms with Crippen LogP contribution in [-0.4, -0.2) is 30.6 Å². The van der Waals surface area contributed by atoms with Gasteiger partial charge in [0.25, 0.3) is 5.91 Å². The molecule has 6 nitrogen and oxygen atoms in total. The molecule has 1 fully saturated rings. The molecule has 1 aromatic rings. The van der Waals surface area contributed by atoms with E-state index in [4.69, 9.17) is 4.74 Å². The number of hydrogen-bond acceptors (Lipinski definition) is 4. The molecule has 1 aliphatic carbocycles. The lowest BCUT2D eigenvalue weighted by atomic mass is 9.86. The van der Waals surface area contributed by atoms with Crippen molar-refractivity contribution >= 4 is 17.9 Å². The lowest BCUT2D eigenvalue weighted by molar-refractivity contribution is -0.147. The summed E-state index contributed by atoms with van der Waals surface area (Å²) in [5.74, 6) is -0.718. The van der Waals surface area contributed by atoms with Gasteiger partial charge in [-0.3, -0.25) is 14.9 Å². The Balaban J connectivity index is 1.71.